The van der Waals surface area contributed by atoms with Crippen LogP contribution in [0.5, 0.6) is 0 Å². The summed E-state index contributed by atoms with van der Waals surface area (Å²) in [6.45, 7) is 0. The molecule has 0 saturated carbocycles. The summed E-state index contributed by atoms with van der Waals surface area (Å²) < 4.78 is 0. The fraction of sp³-hybridized carbons (Fsp3) is 0. The SMILES string of the molecule is [Be+2].[O+2].[O-2].[O-2]. The Balaban J connectivity index is 0. The Bertz CT molecular complexity index is 3.25. The van der Waals surface area contributed by atoms with Crippen molar-refractivity contribution >= 4 is 10.1 Å². The van der Waals surface area contributed by atoms with Crippen LogP contribution in [0.2, 0.25) is 0 Å². The van der Waals surface area contributed by atoms with Crippen molar-refractivity contribution in [2.24, 2.45) is 0 Å². The molecule has 0 aliphatic rings. The maximum Gasteiger partial charge on any atom is 2.00 e. The zero-order valence-corrected chi connectivity index (χ0v) is 1.93. The maximum absolute atomic E-state index is 0. The Morgan fingerprint density at radius 3 is 0.750 bits per heavy atom. The second-order valence-corrected chi connectivity index (χ2v) is 0. The summed E-state index contributed by atoms with van der Waals surface area (Å²) in [5.41, 5.74) is 0. The summed E-state index contributed by atoms with van der Waals surface area (Å²) in [4.78, 5) is 0. The number of rotatable bonds is 0. The van der Waals surface area contributed by atoms with Gasteiger partial charge in [-0.3, -0.25) is 0 Å². The van der Waals surface area contributed by atoms with Gasteiger partial charge in [-0.05, 0) is 0 Å². The van der Waals surface area contributed by atoms with Crippen LogP contribution in [-0.4, -0.2) is 10.1 Å². The molecule has 4 heavy (non-hydrogen) atoms. The zero-order chi connectivity index (χ0) is 0. The molecule has 0 aliphatic carbocycles. The van der Waals surface area contributed by atoms with E-state index in [1.54, 1.807) is 0 Å². The van der Waals surface area contributed by atoms with Crippen LogP contribution in [0.25, 0.3) is 0 Å². The fourth-order valence-corrected chi connectivity index (χ4v) is 0. The molecule has 0 amide bonds. The van der Waals surface area contributed by atoms with E-state index in [9.17, 15) is 0 Å². The van der Waals surface area contributed by atoms with E-state index >= 15 is 0 Å². The molecule has 0 saturated heterocycles. The van der Waals surface area contributed by atoms with Crippen LogP contribution < -0.4 is 0 Å². The van der Waals surface area contributed by atoms with Crippen LogP contribution in [0.15, 0.2) is 0 Å². The molecule has 0 aliphatic heterocycles. The molecule has 0 spiro atoms. The Hall–Kier alpha value is 0.0488. The summed E-state index contributed by atoms with van der Waals surface area (Å²) in [5.74, 6) is 0. The largest absolute Gasteiger partial charge is 2.00 e. The summed E-state index contributed by atoms with van der Waals surface area (Å²) in [7, 11) is 0. The predicted octanol–water partition coefficient (Wildman–Crippen LogP) is -0.737. The van der Waals surface area contributed by atoms with Crippen molar-refractivity contribution in [2.45, 2.75) is 0 Å². The van der Waals surface area contributed by atoms with Crippen molar-refractivity contribution in [3.63, 3.8) is 0 Å². The van der Waals surface area contributed by atoms with E-state index in [0.717, 1.165) is 0 Å². The van der Waals surface area contributed by atoms with Gasteiger partial charge in [0.15, 0.2) is 0 Å². The molecule has 0 aromatic carbocycles. The van der Waals surface area contributed by atoms with E-state index in [4.69, 9.17) is 0 Å². The van der Waals surface area contributed by atoms with Gasteiger partial charge in [-0.1, -0.05) is 0 Å². The summed E-state index contributed by atoms with van der Waals surface area (Å²) in [6.07, 6.45) is 0. The first kappa shape index (κ1) is 15800. The summed E-state index contributed by atoms with van der Waals surface area (Å²) in [6, 6.07) is 0. The van der Waals surface area contributed by atoms with Gasteiger partial charge in [0.25, 0.3) is 0 Å². The first-order valence-electron chi connectivity index (χ1n) is 0. The van der Waals surface area contributed by atoms with E-state index in [1.165, 1.54) is 0 Å². The molecule has 3 nitrogen and oxygen atoms in total. The van der Waals surface area contributed by atoms with Gasteiger partial charge in [0.1, 0.15) is 0 Å². The van der Waals surface area contributed by atoms with Gasteiger partial charge >= 0.3 is 15.6 Å². The van der Waals surface area contributed by atoms with Crippen LogP contribution in [-0.2, 0) is 16.4 Å². The van der Waals surface area contributed by atoms with Crippen LogP contribution in [0.3, 0.4) is 0 Å². The molecule has 4 radical (unpaired) electrons. The van der Waals surface area contributed by atoms with E-state index in [2.05, 4.69) is 0 Å². The van der Waals surface area contributed by atoms with Gasteiger partial charge in [-0.15, -0.1) is 0 Å². The van der Waals surface area contributed by atoms with Gasteiger partial charge < -0.3 is 11.0 Å². The molecule has 0 atom stereocenters. The Morgan fingerprint density at radius 1 is 0.750 bits per heavy atom. The smallest absolute Gasteiger partial charge is 2.00 e. The minimum Gasteiger partial charge on any atom is -2.00 e. The molecule has 0 rings (SSSR count). The average molecular weight is 57.0 g/mol. The second-order valence-electron chi connectivity index (χ2n) is 0. The molecular formula is BeO3. The monoisotopic (exact) mass is 57.0 g/mol. The van der Waals surface area contributed by atoms with Gasteiger partial charge in [-0.2, -0.15) is 0 Å². The van der Waals surface area contributed by atoms with E-state index in [-0.39, 0.29) is 26.5 Å². The molecule has 0 bridgehead atoms. The minimum atomic E-state index is 0. The zero-order valence-electron chi connectivity index (χ0n) is 1.93. The van der Waals surface area contributed by atoms with Crippen molar-refractivity contribution in [3.8, 4) is 0 Å². The summed E-state index contributed by atoms with van der Waals surface area (Å²) in [5, 5.41) is 0. The van der Waals surface area contributed by atoms with Crippen molar-refractivity contribution in [1.29, 1.82) is 0 Å². The first-order valence-corrected chi connectivity index (χ1v) is 0. The van der Waals surface area contributed by atoms with Crippen molar-refractivity contribution < 1.29 is 16.4 Å². The summed E-state index contributed by atoms with van der Waals surface area (Å²) >= 11 is 0. The Morgan fingerprint density at radius 2 is 0.750 bits per heavy atom. The van der Waals surface area contributed by atoms with Crippen LogP contribution in [0.1, 0.15) is 0 Å². The molecule has 0 fully saturated rings. The van der Waals surface area contributed by atoms with E-state index in [1.807, 2.05) is 0 Å². The van der Waals surface area contributed by atoms with E-state index in [0.29, 0.717) is 0 Å². The Labute approximate surface area is 27.8 Å². The quantitative estimate of drug-likeness (QED) is 0.328. The number of hydrogen-bond acceptors (Lipinski definition) is 0. The minimum absolute atomic E-state index is 0. The van der Waals surface area contributed by atoms with Gasteiger partial charge in [-0.25, -0.2) is 0 Å². The molecule has 0 aromatic heterocycles. The number of hydrogen-bond donors (Lipinski definition) is 0. The van der Waals surface area contributed by atoms with Crippen LogP contribution in [0, 0.1) is 0 Å². The molecule has 0 heterocycles. The predicted molar refractivity (Wildman–Crippen MR) is 7.81 cm³/mol. The van der Waals surface area contributed by atoms with Crippen molar-refractivity contribution in [3.05, 3.63) is 0 Å². The second kappa shape index (κ2) is 5370. The van der Waals surface area contributed by atoms with Crippen molar-refractivity contribution in [1.82, 2.24) is 0 Å². The average Bonchev–Trinajstić information content (AvgIpc) is 0. The molecule has 0 unspecified atom stereocenters. The topological polar surface area (TPSA) is 85.5 Å². The van der Waals surface area contributed by atoms with Crippen LogP contribution in [0.4, 0.5) is 0 Å². The van der Waals surface area contributed by atoms with Crippen LogP contribution >= 0.6 is 0 Å². The molecule has 0 aromatic rings. The molecule has 0 N–H and O–H groups in total. The van der Waals surface area contributed by atoms with Gasteiger partial charge in [0.05, 0.1) is 0 Å². The Kier molecular flexibility index (Phi) is 21200000. The first-order chi connectivity index (χ1) is 0. The molecule has 20 valence electrons. The third kappa shape index (κ3) is 945. The maximum atomic E-state index is 0. The van der Waals surface area contributed by atoms with E-state index < -0.39 is 0 Å². The fourth-order valence-electron chi connectivity index (χ4n) is 0. The van der Waals surface area contributed by atoms with Gasteiger partial charge in [0, 0.05) is 0 Å². The third-order valence-corrected chi connectivity index (χ3v) is 0. The molecular weight excluding hydrogens is 57.0 g/mol. The normalized spacial score (nSPS) is 0. The van der Waals surface area contributed by atoms with Gasteiger partial charge in [0.2, 0.25) is 0 Å². The molecule has 4 heteroatoms. The van der Waals surface area contributed by atoms with Crippen molar-refractivity contribution in [2.75, 3.05) is 0 Å². The standard InChI is InChI=1S/Be.3O/q+2;2*-2;+2. The third-order valence-electron chi connectivity index (χ3n) is 0.